The van der Waals surface area contributed by atoms with Crippen LogP contribution in [0.5, 0.6) is 0 Å². The molecule has 1 amide bonds. The Bertz CT molecular complexity index is 832. The Kier molecular flexibility index (Phi) is 4.79. The third-order valence-corrected chi connectivity index (χ3v) is 6.43. The predicted octanol–water partition coefficient (Wildman–Crippen LogP) is 5.08. The fourth-order valence-corrected chi connectivity index (χ4v) is 4.72. The number of rotatable bonds is 3. The van der Waals surface area contributed by atoms with E-state index in [4.69, 9.17) is 4.42 Å². The molecule has 2 aliphatic carbocycles. The SMILES string of the molecule is CC.CC.O=C(NC1C2CCN2C12CC2)c1ccc2oc(C3CC3)cc2c1. The maximum Gasteiger partial charge on any atom is 0.251 e. The van der Waals surface area contributed by atoms with E-state index in [1.165, 1.54) is 38.6 Å². The molecule has 2 aromatic rings. The van der Waals surface area contributed by atoms with Gasteiger partial charge in [0.25, 0.3) is 5.91 Å². The summed E-state index contributed by atoms with van der Waals surface area (Å²) in [6.07, 6.45) is 6.20. The number of fused-ring (bicyclic) bond motifs is 3. The van der Waals surface area contributed by atoms with Gasteiger partial charge in [-0.25, -0.2) is 0 Å². The summed E-state index contributed by atoms with van der Waals surface area (Å²) in [6, 6.07) is 8.90. The van der Waals surface area contributed by atoms with Crippen molar-refractivity contribution < 1.29 is 9.21 Å². The number of amides is 1. The van der Waals surface area contributed by atoms with Crippen LogP contribution in [0.1, 0.15) is 81.8 Å². The van der Waals surface area contributed by atoms with Crippen LogP contribution < -0.4 is 5.32 Å². The van der Waals surface area contributed by atoms with Crippen molar-refractivity contribution in [2.75, 3.05) is 6.54 Å². The summed E-state index contributed by atoms with van der Waals surface area (Å²) < 4.78 is 5.89. The van der Waals surface area contributed by atoms with Crippen LogP contribution in [0.2, 0.25) is 0 Å². The molecule has 2 saturated heterocycles. The van der Waals surface area contributed by atoms with Gasteiger partial charge in [0.05, 0.1) is 6.04 Å². The zero-order valence-electron chi connectivity index (χ0n) is 17.0. The van der Waals surface area contributed by atoms with Gasteiger partial charge in [0.15, 0.2) is 0 Å². The van der Waals surface area contributed by atoms with Crippen molar-refractivity contribution in [1.29, 1.82) is 0 Å². The van der Waals surface area contributed by atoms with Crippen LogP contribution in [0.4, 0.5) is 0 Å². The zero-order chi connectivity index (χ0) is 19.2. The molecule has 4 fully saturated rings. The first-order valence-electron chi connectivity index (χ1n) is 10.9. The normalized spacial score (nSPS) is 26.5. The van der Waals surface area contributed by atoms with Crippen LogP contribution in [0, 0.1) is 0 Å². The number of hydrogen-bond donors (Lipinski definition) is 1. The number of benzene rings is 1. The number of nitrogens with zero attached hydrogens (tertiary/aromatic N) is 1. The van der Waals surface area contributed by atoms with E-state index in [2.05, 4.69) is 16.3 Å². The van der Waals surface area contributed by atoms with Gasteiger partial charge in [-0.15, -0.1) is 0 Å². The highest BCUT2D eigenvalue weighted by molar-refractivity contribution is 5.98. The van der Waals surface area contributed by atoms with E-state index in [0.29, 0.717) is 23.5 Å². The fourth-order valence-electron chi connectivity index (χ4n) is 4.72. The van der Waals surface area contributed by atoms with Crippen molar-refractivity contribution in [2.24, 2.45) is 0 Å². The number of hydrogen-bond acceptors (Lipinski definition) is 3. The molecule has 146 valence electrons. The lowest BCUT2D eigenvalue weighted by molar-refractivity contribution is -0.113. The summed E-state index contributed by atoms with van der Waals surface area (Å²) in [6.45, 7) is 9.22. The number of furan rings is 1. The Morgan fingerprint density at radius 1 is 1.11 bits per heavy atom. The second-order valence-corrected chi connectivity index (χ2v) is 7.78. The van der Waals surface area contributed by atoms with E-state index in [1.54, 1.807) is 0 Å². The molecule has 27 heavy (non-hydrogen) atoms. The van der Waals surface area contributed by atoms with Crippen molar-refractivity contribution in [1.82, 2.24) is 10.2 Å². The molecule has 2 atom stereocenters. The van der Waals surface area contributed by atoms with Gasteiger partial charge in [0, 0.05) is 35.0 Å². The predicted molar refractivity (Wildman–Crippen MR) is 109 cm³/mol. The second kappa shape index (κ2) is 6.97. The van der Waals surface area contributed by atoms with E-state index in [-0.39, 0.29) is 5.91 Å². The molecule has 4 aliphatic rings. The molecule has 1 spiro atoms. The standard InChI is InChI=1S/C19H20N2O2.2C2H6/c22-18(20-17-14-5-8-21(14)19(17)6-7-19)12-3-4-15-13(9-12)10-16(23-15)11-1-2-11;2*1-2/h3-4,9-11,14,17H,1-2,5-8H2,(H,20,22);2*1-2H3. The minimum atomic E-state index is 0.0731. The first kappa shape index (κ1) is 18.5. The summed E-state index contributed by atoms with van der Waals surface area (Å²) in [5, 5.41) is 4.37. The van der Waals surface area contributed by atoms with Crippen LogP contribution >= 0.6 is 0 Å². The number of nitrogens with one attached hydrogen (secondary N) is 1. The molecule has 1 N–H and O–H groups in total. The largest absolute Gasteiger partial charge is 0.461 e. The lowest BCUT2D eigenvalue weighted by atomic mass is 9.75. The minimum Gasteiger partial charge on any atom is -0.461 e. The highest BCUT2D eigenvalue weighted by Gasteiger charge is 2.70. The van der Waals surface area contributed by atoms with Gasteiger partial charge in [0.1, 0.15) is 11.3 Å². The van der Waals surface area contributed by atoms with Gasteiger partial charge in [0.2, 0.25) is 0 Å². The van der Waals surface area contributed by atoms with Gasteiger partial charge in [-0.2, -0.15) is 0 Å². The second-order valence-electron chi connectivity index (χ2n) is 7.78. The van der Waals surface area contributed by atoms with E-state index >= 15 is 0 Å². The first-order chi connectivity index (χ1) is 13.2. The van der Waals surface area contributed by atoms with E-state index in [1.807, 2.05) is 45.9 Å². The highest BCUT2D eigenvalue weighted by Crippen LogP contribution is 2.59. The maximum absolute atomic E-state index is 12.7. The lowest BCUT2D eigenvalue weighted by Gasteiger charge is -2.63. The molecule has 0 radical (unpaired) electrons. The molecular weight excluding hydrogens is 336 g/mol. The molecule has 4 nitrogen and oxygen atoms in total. The van der Waals surface area contributed by atoms with Gasteiger partial charge in [-0.1, -0.05) is 27.7 Å². The van der Waals surface area contributed by atoms with Gasteiger partial charge >= 0.3 is 0 Å². The highest BCUT2D eigenvalue weighted by atomic mass is 16.3. The van der Waals surface area contributed by atoms with Crippen LogP contribution in [-0.2, 0) is 0 Å². The first-order valence-corrected chi connectivity index (χ1v) is 10.9. The smallest absolute Gasteiger partial charge is 0.251 e. The fraction of sp³-hybridized carbons (Fsp3) is 0.609. The molecule has 2 aliphatic heterocycles. The molecular formula is C23H32N2O2. The molecule has 2 saturated carbocycles. The van der Waals surface area contributed by atoms with E-state index in [0.717, 1.165) is 22.3 Å². The Hall–Kier alpha value is -1.81. The molecule has 6 rings (SSSR count). The average molecular weight is 369 g/mol. The molecule has 4 heteroatoms. The summed E-state index contributed by atoms with van der Waals surface area (Å²) in [4.78, 5) is 15.3. The molecule has 1 aromatic carbocycles. The Morgan fingerprint density at radius 2 is 1.85 bits per heavy atom. The zero-order valence-corrected chi connectivity index (χ0v) is 17.0. The topological polar surface area (TPSA) is 45.5 Å². The Morgan fingerprint density at radius 3 is 2.44 bits per heavy atom. The summed E-state index contributed by atoms with van der Waals surface area (Å²) >= 11 is 0. The lowest BCUT2D eigenvalue weighted by Crippen LogP contribution is -2.80. The number of carbonyl (C=O) groups excluding carboxylic acids is 1. The van der Waals surface area contributed by atoms with Crippen LogP contribution in [0.15, 0.2) is 28.7 Å². The summed E-state index contributed by atoms with van der Waals surface area (Å²) in [7, 11) is 0. The van der Waals surface area contributed by atoms with Crippen molar-refractivity contribution in [3.8, 4) is 0 Å². The Balaban J connectivity index is 0.000000425. The van der Waals surface area contributed by atoms with Crippen molar-refractivity contribution in [3.05, 3.63) is 35.6 Å². The minimum absolute atomic E-state index is 0.0731. The monoisotopic (exact) mass is 368 g/mol. The summed E-state index contributed by atoms with van der Waals surface area (Å²) in [5.41, 5.74) is 1.99. The van der Waals surface area contributed by atoms with Crippen molar-refractivity contribution in [2.45, 2.75) is 83.3 Å². The summed E-state index contributed by atoms with van der Waals surface area (Å²) in [5.74, 6) is 1.76. The third-order valence-electron chi connectivity index (χ3n) is 6.43. The molecule has 2 unspecified atom stereocenters. The van der Waals surface area contributed by atoms with E-state index in [9.17, 15) is 4.79 Å². The van der Waals surface area contributed by atoms with Crippen molar-refractivity contribution >= 4 is 16.9 Å². The van der Waals surface area contributed by atoms with Crippen molar-refractivity contribution in [3.63, 3.8) is 0 Å². The molecule has 0 bridgehead atoms. The van der Waals surface area contributed by atoms with Crippen LogP contribution in [0.25, 0.3) is 11.0 Å². The quantitative estimate of drug-likeness (QED) is 0.821. The van der Waals surface area contributed by atoms with Crippen LogP contribution in [0.3, 0.4) is 0 Å². The van der Waals surface area contributed by atoms with E-state index < -0.39 is 0 Å². The molecule has 3 heterocycles. The number of carbonyl (C=O) groups is 1. The third kappa shape index (κ3) is 2.89. The Labute approximate surface area is 162 Å². The van der Waals surface area contributed by atoms with Gasteiger partial charge in [-0.05, 0) is 56.4 Å². The van der Waals surface area contributed by atoms with Gasteiger partial charge < -0.3 is 9.73 Å². The molecule has 1 aromatic heterocycles. The average Bonchev–Trinajstić information content (AvgIpc) is 3.61. The van der Waals surface area contributed by atoms with Crippen LogP contribution in [-0.4, -0.2) is 35.0 Å². The van der Waals surface area contributed by atoms with Gasteiger partial charge in [-0.3, -0.25) is 9.69 Å². The number of piperidine rings is 1. The maximum atomic E-state index is 12.7.